The quantitative estimate of drug-likeness (QED) is 0.728. The summed E-state index contributed by atoms with van der Waals surface area (Å²) in [4.78, 5) is 0. The lowest BCUT2D eigenvalue weighted by Crippen LogP contribution is -2.37. The lowest BCUT2D eigenvalue weighted by Gasteiger charge is -2.27. The summed E-state index contributed by atoms with van der Waals surface area (Å²) in [5, 5.41) is 8.67. The van der Waals surface area contributed by atoms with Gasteiger partial charge in [0.05, 0.1) is 11.6 Å². The van der Waals surface area contributed by atoms with Crippen LogP contribution in [0.2, 0.25) is 18.6 Å². The van der Waals surface area contributed by atoms with E-state index < -0.39 is 8.32 Å². The Morgan fingerprint density at radius 3 is 2.13 bits per heavy atom. The van der Waals surface area contributed by atoms with Crippen LogP contribution in [0.25, 0.3) is 0 Å². The van der Waals surface area contributed by atoms with E-state index >= 15 is 0 Å². The maximum atomic E-state index is 8.67. The minimum Gasteiger partial charge on any atom is -0.544 e. The molecule has 1 rings (SSSR count). The SMILES string of the molecule is CC(C)[Si](C)(C)Oc1ccc(C#N)cc1. The predicted octanol–water partition coefficient (Wildman–Crippen LogP) is 3.55. The van der Waals surface area contributed by atoms with Crippen molar-refractivity contribution in [3.8, 4) is 11.8 Å². The lowest BCUT2D eigenvalue weighted by molar-refractivity contribution is 0.533. The highest BCUT2D eigenvalue weighted by atomic mass is 28.4. The van der Waals surface area contributed by atoms with E-state index in [1.807, 2.05) is 12.1 Å². The molecule has 0 amide bonds. The molecule has 0 spiro atoms. The number of hydrogen-bond donors (Lipinski definition) is 0. The Morgan fingerprint density at radius 2 is 1.73 bits per heavy atom. The van der Waals surface area contributed by atoms with E-state index in [0.29, 0.717) is 11.1 Å². The second-order valence-corrected chi connectivity index (χ2v) is 9.06. The van der Waals surface area contributed by atoms with Crippen LogP contribution in [0.5, 0.6) is 5.75 Å². The van der Waals surface area contributed by atoms with Crippen LogP contribution >= 0.6 is 0 Å². The molecule has 2 nitrogen and oxygen atoms in total. The highest BCUT2D eigenvalue weighted by molar-refractivity contribution is 6.73. The maximum absolute atomic E-state index is 8.67. The Bertz CT molecular complexity index is 362. The first kappa shape index (κ1) is 11.8. The number of nitriles is 1. The fourth-order valence-corrected chi connectivity index (χ4v) is 2.00. The van der Waals surface area contributed by atoms with Gasteiger partial charge in [-0.3, -0.25) is 0 Å². The lowest BCUT2D eigenvalue weighted by atomic mass is 10.2. The van der Waals surface area contributed by atoms with E-state index in [-0.39, 0.29) is 0 Å². The third-order valence-electron chi connectivity index (χ3n) is 2.75. The molecule has 0 N–H and O–H groups in total. The molecule has 0 aliphatic heterocycles. The van der Waals surface area contributed by atoms with E-state index in [1.165, 1.54) is 0 Å². The molecule has 0 bridgehead atoms. The molecule has 0 saturated carbocycles. The molecular weight excluding hydrogens is 202 g/mol. The van der Waals surface area contributed by atoms with Gasteiger partial charge < -0.3 is 4.43 Å². The molecule has 15 heavy (non-hydrogen) atoms. The van der Waals surface area contributed by atoms with E-state index in [9.17, 15) is 0 Å². The van der Waals surface area contributed by atoms with Gasteiger partial charge in [-0.25, -0.2) is 0 Å². The van der Waals surface area contributed by atoms with Crippen molar-refractivity contribution in [1.82, 2.24) is 0 Å². The Hall–Kier alpha value is -1.27. The van der Waals surface area contributed by atoms with Crippen molar-refractivity contribution in [2.75, 3.05) is 0 Å². The van der Waals surface area contributed by atoms with Gasteiger partial charge in [-0.15, -0.1) is 0 Å². The summed E-state index contributed by atoms with van der Waals surface area (Å²) in [5.41, 5.74) is 1.25. The molecule has 1 aromatic carbocycles. The van der Waals surface area contributed by atoms with Crippen LogP contribution < -0.4 is 4.43 Å². The van der Waals surface area contributed by atoms with Gasteiger partial charge in [0.1, 0.15) is 5.75 Å². The summed E-state index contributed by atoms with van der Waals surface area (Å²) in [5.74, 6) is 0.874. The highest BCUT2D eigenvalue weighted by Gasteiger charge is 2.28. The number of hydrogen-bond acceptors (Lipinski definition) is 2. The van der Waals surface area contributed by atoms with E-state index in [2.05, 4.69) is 33.0 Å². The third-order valence-corrected chi connectivity index (χ3v) is 6.30. The topological polar surface area (TPSA) is 33.0 Å². The molecule has 0 fully saturated rings. The van der Waals surface area contributed by atoms with Gasteiger partial charge in [-0.05, 0) is 42.9 Å². The minimum atomic E-state index is -1.63. The van der Waals surface area contributed by atoms with Crippen molar-refractivity contribution in [3.05, 3.63) is 29.8 Å². The van der Waals surface area contributed by atoms with Crippen LogP contribution in [0.3, 0.4) is 0 Å². The first-order valence-corrected chi connectivity index (χ1v) is 8.13. The first-order chi connectivity index (χ1) is 6.95. The van der Waals surface area contributed by atoms with E-state index in [4.69, 9.17) is 9.69 Å². The smallest absolute Gasteiger partial charge is 0.247 e. The van der Waals surface area contributed by atoms with Crippen LogP contribution in [0.15, 0.2) is 24.3 Å². The zero-order valence-corrected chi connectivity index (χ0v) is 10.7. The molecule has 1 aromatic rings. The molecule has 0 radical (unpaired) electrons. The highest BCUT2D eigenvalue weighted by Crippen LogP contribution is 2.24. The third kappa shape index (κ3) is 3.10. The van der Waals surface area contributed by atoms with Crippen LogP contribution in [0.1, 0.15) is 19.4 Å². The molecular formula is C12H17NOSi. The Balaban J connectivity index is 2.78. The molecule has 0 unspecified atom stereocenters. The van der Waals surface area contributed by atoms with Gasteiger partial charge in [0.25, 0.3) is 0 Å². The maximum Gasteiger partial charge on any atom is 0.247 e. The van der Waals surface area contributed by atoms with Crippen molar-refractivity contribution in [2.45, 2.75) is 32.5 Å². The number of rotatable bonds is 3. The van der Waals surface area contributed by atoms with Crippen molar-refractivity contribution < 1.29 is 4.43 Å². The van der Waals surface area contributed by atoms with Gasteiger partial charge >= 0.3 is 0 Å². The van der Waals surface area contributed by atoms with Gasteiger partial charge in [-0.2, -0.15) is 5.26 Å². The van der Waals surface area contributed by atoms with E-state index in [0.717, 1.165) is 5.75 Å². The monoisotopic (exact) mass is 219 g/mol. The zero-order chi connectivity index (χ0) is 11.5. The van der Waals surface area contributed by atoms with Crippen LogP contribution in [-0.4, -0.2) is 8.32 Å². The summed E-state index contributed by atoms with van der Waals surface area (Å²) in [6.45, 7) is 8.79. The molecule has 0 aromatic heterocycles. The molecule has 80 valence electrons. The van der Waals surface area contributed by atoms with Gasteiger partial charge in [0.15, 0.2) is 0 Å². The van der Waals surface area contributed by atoms with Crippen molar-refractivity contribution in [3.63, 3.8) is 0 Å². The molecule has 0 aliphatic carbocycles. The summed E-state index contributed by atoms with van der Waals surface area (Å²) >= 11 is 0. The predicted molar refractivity (Wildman–Crippen MR) is 64.4 cm³/mol. The summed E-state index contributed by atoms with van der Waals surface area (Å²) in [6.07, 6.45) is 0. The average Bonchev–Trinajstić information content (AvgIpc) is 2.18. The standard InChI is InChI=1S/C12H17NOSi/c1-10(2)15(3,4)14-12-7-5-11(9-13)6-8-12/h5-8,10H,1-4H3. The molecule has 0 aliphatic rings. The molecule has 0 saturated heterocycles. The second-order valence-electron chi connectivity index (χ2n) is 4.50. The summed E-state index contributed by atoms with van der Waals surface area (Å²) in [7, 11) is -1.63. The fraction of sp³-hybridized carbons (Fsp3) is 0.417. The van der Waals surface area contributed by atoms with Crippen LogP contribution in [0, 0.1) is 11.3 Å². The van der Waals surface area contributed by atoms with Crippen molar-refractivity contribution in [1.29, 1.82) is 5.26 Å². The second kappa shape index (κ2) is 4.50. The normalized spacial score (nSPS) is 11.2. The van der Waals surface area contributed by atoms with Crippen LogP contribution in [0.4, 0.5) is 0 Å². The Labute approximate surface area is 92.6 Å². The first-order valence-electron chi connectivity index (χ1n) is 5.15. The minimum absolute atomic E-state index is 0.577. The molecule has 0 heterocycles. The van der Waals surface area contributed by atoms with Gasteiger partial charge in [0, 0.05) is 0 Å². The summed E-state index contributed by atoms with van der Waals surface area (Å²) in [6, 6.07) is 9.42. The van der Waals surface area contributed by atoms with Crippen LogP contribution in [-0.2, 0) is 0 Å². The van der Waals surface area contributed by atoms with Gasteiger partial charge in [0.2, 0.25) is 8.32 Å². The summed E-state index contributed by atoms with van der Waals surface area (Å²) < 4.78 is 5.99. The van der Waals surface area contributed by atoms with Gasteiger partial charge in [-0.1, -0.05) is 13.8 Å². The number of benzene rings is 1. The molecule has 0 atom stereocenters. The Morgan fingerprint density at radius 1 is 1.20 bits per heavy atom. The van der Waals surface area contributed by atoms with Crippen molar-refractivity contribution >= 4 is 8.32 Å². The molecule has 3 heteroatoms. The van der Waals surface area contributed by atoms with Crippen molar-refractivity contribution in [2.24, 2.45) is 0 Å². The largest absolute Gasteiger partial charge is 0.544 e. The number of nitrogens with zero attached hydrogens (tertiary/aromatic N) is 1. The fourth-order valence-electron chi connectivity index (χ4n) is 1.02. The van der Waals surface area contributed by atoms with E-state index in [1.54, 1.807) is 12.1 Å². The zero-order valence-electron chi connectivity index (χ0n) is 9.74. The average molecular weight is 219 g/mol. The Kier molecular flexibility index (Phi) is 3.54.